The monoisotopic (exact) mass is 268 g/mol. The third-order valence-electron chi connectivity index (χ3n) is 2.69. The topological polar surface area (TPSA) is 94.0 Å². The van der Waals surface area contributed by atoms with Gasteiger partial charge in [-0.2, -0.15) is 0 Å². The van der Waals surface area contributed by atoms with Crippen molar-refractivity contribution in [2.45, 2.75) is 19.4 Å². The van der Waals surface area contributed by atoms with Gasteiger partial charge in [0.15, 0.2) is 11.0 Å². The Hall–Kier alpha value is -1.63. The Balaban J connectivity index is 2.14. The van der Waals surface area contributed by atoms with Gasteiger partial charge in [0.05, 0.1) is 11.4 Å². The quantitative estimate of drug-likeness (QED) is 0.795. The number of aromatic nitrogens is 2. The summed E-state index contributed by atoms with van der Waals surface area (Å²) in [5.41, 5.74) is 8.32. The van der Waals surface area contributed by atoms with Crippen LogP contribution in [0.15, 0.2) is 16.8 Å². The molecule has 7 heteroatoms. The van der Waals surface area contributed by atoms with E-state index in [0.717, 1.165) is 12.1 Å². The Labute approximate surface area is 107 Å². The zero-order valence-corrected chi connectivity index (χ0v) is 11.2. The number of benzene rings is 1. The molecular formula is C11H16N4O2S. The summed E-state index contributed by atoms with van der Waals surface area (Å²) in [5, 5.41) is 10.9. The van der Waals surface area contributed by atoms with Crippen LogP contribution >= 0.6 is 0 Å². The molecule has 0 aliphatic carbocycles. The van der Waals surface area contributed by atoms with E-state index in [1.54, 1.807) is 12.3 Å². The zero-order chi connectivity index (χ0) is 13.1. The first-order valence-electron chi connectivity index (χ1n) is 5.65. The molecule has 0 bridgehead atoms. The van der Waals surface area contributed by atoms with Gasteiger partial charge in [0.2, 0.25) is 0 Å². The fourth-order valence-corrected chi connectivity index (χ4v) is 2.37. The van der Waals surface area contributed by atoms with Crippen molar-refractivity contribution in [3.8, 4) is 0 Å². The summed E-state index contributed by atoms with van der Waals surface area (Å²) in [6.45, 7) is 2.03. The number of hydrogen-bond acceptors (Lipinski definition) is 6. The Bertz CT molecular complexity index is 569. The van der Waals surface area contributed by atoms with Crippen molar-refractivity contribution in [3.63, 3.8) is 0 Å². The van der Waals surface area contributed by atoms with Crippen molar-refractivity contribution in [3.05, 3.63) is 12.1 Å². The molecule has 0 radical (unpaired) electrons. The van der Waals surface area contributed by atoms with Crippen LogP contribution in [0.5, 0.6) is 0 Å². The van der Waals surface area contributed by atoms with Gasteiger partial charge in [-0.3, -0.25) is 4.21 Å². The molecule has 1 aromatic heterocycles. The number of nitrogens with one attached hydrogen (secondary N) is 1. The second-order valence-corrected chi connectivity index (χ2v) is 5.83. The molecule has 0 amide bonds. The average molecular weight is 268 g/mol. The van der Waals surface area contributed by atoms with Crippen molar-refractivity contribution in [1.82, 2.24) is 10.3 Å². The SMILES string of the molecule is CC(CCS(C)=O)Nc1ccc(N)c2nonc12. The van der Waals surface area contributed by atoms with Crippen LogP contribution in [0, 0.1) is 0 Å². The molecule has 2 unspecified atom stereocenters. The number of nitrogens with two attached hydrogens (primary N) is 1. The van der Waals surface area contributed by atoms with Gasteiger partial charge in [-0.15, -0.1) is 0 Å². The highest BCUT2D eigenvalue weighted by Crippen LogP contribution is 2.25. The number of nitrogen functional groups attached to an aromatic ring is 1. The van der Waals surface area contributed by atoms with Gasteiger partial charge >= 0.3 is 0 Å². The summed E-state index contributed by atoms with van der Waals surface area (Å²) >= 11 is 0. The molecule has 0 saturated carbocycles. The third kappa shape index (κ3) is 2.79. The fraction of sp³-hybridized carbons (Fsp3) is 0.455. The summed E-state index contributed by atoms with van der Waals surface area (Å²) in [5.74, 6) is 0.670. The highest BCUT2D eigenvalue weighted by atomic mass is 32.2. The molecule has 1 heterocycles. The Morgan fingerprint density at radius 3 is 2.89 bits per heavy atom. The first-order valence-corrected chi connectivity index (χ1v) is 7.38. The van der Waals surface area contributed by atoms with Crippen LogP contribution in [0.25, 0.3) is 11.0 Å². The number of fused-ring (bicyclic) bond motifs is 1. The van der Waals surface area contributed by atoms with E-state index in [0.29, 0.717) is 22.5 Å². The minimum atomic E-state index is -0.774. The third-order valence-corrected chi connectivity index (χ3v) is 3.50. The number of rotatable bonds is 5. The van der Waals surface area contributed by atoms with E-state index in [2.05, 4.69) is 15.6 Å². The molecule has 98 valence electrons. The standard InChI is InChI=1S/C11H16N4O2S/c1-7(5-6-18(2)16)13-9-4-3-8(12)10-11(9)15-17-14-10/h3-4,7,13H,5-6,12H2,1-2H3. The van der Waals surface area contributed by atoms with E-state index in [1.807, 2.05) is 13.0 Å². The molecular weight excluding hydrogens is 252 g/mol. The lowest BCUT2D eigenvalue weighted by Crippen LogP contribution is -2.18. The maximum absolute atomic E-state index is 11.0. The van der Waals surface area contributed by atoms with E-state index in [-0.39, 0.29) is 6.04 Å². The molecule has 0 spiro atoms. The largest absolute Gasteiger partial charge is 0.397 e. The van der Waals surface area contributed by atoms with Crippen LogP contribution in [0.3, 0.4) is 0 Å². The Kier molecular flexibility index (Phi) is 3.81. The molecule has 2 rings (SSSR count). The second kappa shape index (κ2) is 5.34. The van der Waals surface area contributed by atoms with Crippen LogP contribution in [0.1, 0.15) is 13.3 Å². The lowest BCUT2D eigenvalue weighted by atomic mass is 10.2. The summed E-state index contributed by atoms with van der Waals surface area (Å²) in [4.78, 5) is 0. The van der Waals surface area contributed by atoms with Crippen molar-refractivity contribution >= 4 is 33.2 Å². The highest BCUT2D eigenvalue weighted by Gasteiger charge is 2.12. The molecule has 0 fully saturated rings. The van der Waals surface area contributed by atoms with Crippen molar-refractivity contribution in [2.24, 2.45) is 0 Å². The molecule has 3 N–H and O–H groups in total. The van der Waals surface area contributed by atoms with Gasteiger partial charge in [0.1, 0.15) is 0 Å². The summed E-state index contributed by atoms with van der Waals surface area (Å²) in [6.07, 6.45) is 2.52. The summed E-state index contributed by atoms with van der Waals surface area (Å²) < 4.78 is 15.7. The first-order chi connectivity index (χ1) is 8.58. The molecule has 6 nitrogen and oxygen atoms in total. The van der Waals surface area contributed by atoms with Gasteiger partial charge in [-0.25, -0.2) is 4.63 Å². The average Bonchev–Trinajstić information content (AvgIpc) is 2.80. The molecule has 0 saturated heterocycles. The van der Waals surface area contributed by atoms with Crippen LogP contribution < -0.4 is 11.1 Å². The van der Waals surface area contributed by atoms with Crippen LogP contribution in [-0.4, -0.2) is 32.6 Å². The minimum absolute atomic E-state index is 0.192. The molecule has 0 aliphatic rings. The summed E-state index contributed by atoms with van der Waals surface area (Å²) in [7, 11) is -0.774. The smallest absolute Gasteiger partial charge is 0.160 e. The molecule has 18 heavy (non-hydrogen) atoms. The number of nitrogens with zero attached hydrogens (tertiary/aromatic N) is 2. The first kappa shape index (κ1) is 12.8. The minimum Gasteiger partial charge on any atom is -0.397 e. The maximum Gasteiger partial charge on any atom is 0.160 e. The number of hydrogen-bond donors (Lipinski definition) is 2. The van der Waals surface area contributed by atoms with Gasteiger partial charge in [0, 0.05) is 28.9 Å². The van der Waals surface area contributed by atoms with E-state index < -0.39 is 10.8 Å². The second-order valence-electron chi connectivity index (χ2n) is 4.28. The zero-order valence-electron chi connectivity index (χ0n) is 10.3. The van der Waals surface area contributed by atoms with E-state index in [9.17, 15) is 4.21 Å². The molecule has 1 aromatic carbocycles. The lowest BCUT2D eigenvalue weighted by molar-refractivity contribution is 0.315. The van der Waals surface area contributed by atoms with Gasteiger partial charge in [-0.05, 0) is 35.8 Å². The molecule has 2 atom stereocenters. The van der Waals surface area contributed by atoms with E-state index >= 15 is 0 Å². The summed E-state index contributed by atoms with van der Waals surface area (Å²) in [6, 6.07) is 3.80. The van der Waals surface area contributed by atoms with Crippen molar-refractivity contribution < 1.29 is 8.84 Å². The van der Waals surface area contributed by atoms with Crippen LogP contribution in [-0.2, 0) is 10.8 Å². The van der Waals surface area contributed by atoms with E-state index in [1.165, 1.54) is 0 Å². The van der Waals surface area contributed by atoms with Gasteiger partial charge in [0.25, 0.3) is 0 Å². The maximum atomic E-state index is 11.0. The normalized spacial score (nSPS) is 14.6. The van der Waals surface area contributed by atoms with E-state index in [4.69, 9.17) is 10.4 Å². The predicted molar refractivity (Wildman–Crippen MR) is 72.9 cm³/mol. The van der Waals surface area contributed by atoms with Crippen LogP contribution in [0.2, 0.25) is 0 Å². The lowest BCUT2D eigenvalue weighted by Gasteiger charge is -2.14. The van der Waals surface area contributed by atoms with Crippen molar-refractivity contribution in [1.29, 1.82) is 0 Å². The van der Waals surface area contributed by atoms with Gasteiger partial charge in [-0.1, -0.05) is 0 Å². The number of anilines is 2. The van der Waals surface area contributed by atoms with Crippen LogP contribution in [0.4, 0.5) is 11.4 Å². The van der Waals surface area contributed by atoms with Gasteiger partial charge < -0.3 is 11.1 Å². The molecule has 2 aromatic rings. The predicted octanol–water partition coefficient (Wildman–Crippen LogP) is 1.37. The fourth-order valence-electron chi connectivity index (χ4n) is 1.68. The molecule has 0 aliphatic heterocycles. The Morgan fingerprint density at radius 1 is 1.44 bits per heavy atom. The highest BCUT2D eigenvalue weighted by molar-refractivity contribution is 7.84. The Morgan fingerprint density at radius 2 is 2.17 bits per heavy atom. The van der Waals surface area contributed by atoms with Crippen molar-refractivity contribution in [2.75, 3.05) is 23.1 Å².